The highest BCUT2D eigenvalue weighted by molar-refractivity contribution is 4.85. The Kier molecular flexibility index (Phi) is 3.16. The minimum atomic E-state index is 0.572. The largest absolute Gasteiger partial charge is 0.330 e. The van der Waals surface area contributed by atoms with Gasteiger partial charge in [-0.05, 0) is 43.1 Å². The first-order chi connectivity index (χ1) is 5.58. The van der Waals surface area contributed by atoms with E-state index in [1.54, 1.807) is 0 Å². The third-order valence-electron chi connectivity index (χ3n) is 3.84. The Balaban J connectivity index is 2.54. The Bertz CT molecular complexity index is 142. The predicted octanol–water partition coefficient (Wildman–Crippen LogP) is 2.80. The fourth-order valence-corrected chi connectivity index (χ4v) is 2.38. The molecule has 0 heterocycles. The zero-order chi connectivity index (χ0) is 9.19. The summed E-state index contributed by atoms with van der Waals surface area (Å²) in [6.45, 7) is 8.01. The van der Waals surface area contributed by atoms with Crippen molar-refractivity contribution in [3.63, 3.8) is 0 Å². The van der Waals surface area contributed by atoms with Gasteiger partial charge < -0.3 is 5.73 Å². The molecule has 1 rings (SSSR count). The fraction of sp³-hybridized carbons (Fsp3) is 1.00. The van der Waals surface area contributed by atoms with Gasteiger partial charge in [0.15, 0.2) is 0 Å². The van der Waals surface area contributed by atoms with Crippen molar-refractivity contribution in [2.75, 3.05) is 6.54 Å². The second-order valence-corrected chi connectivity index (χ2v) is 5.01. The number of rotatable bonds is 2. The highest BCUT2D eigenvalue weighted by atomic mass is 14.6. The summed E-state index contributed by atoms with van der Waals surface area (Å²) in [6.07, 6.45) is 5.50. The van der Waals surface area contributed by atoms with Gasteiger partial charge in [0.05, 0.1) is 0 Å². The standard InChI is InChI=1S/C11H23N/c1-9(2)11(3)6-4-5-10(7-11)8-12/h9-10H,4-8,12H2,1-3H3/t10-,11?/m1/s1. The Morgan fingerprint density at radius 1 is 1.50 bits per heavy atom. The lowest BCUT2D eigenvalue weighted by Crippen LogP contribution is -2.33. The second-order valence-electron chi connectivity index (χ2n) is 5.01. The van der Waals surface area contributed by atoms with E-state index in [-0.39, 0.29) is 0 Å². The van der Waals surface area contributed by atoms with E-state index in [0.717, 1.165) is 18.4 Å². The summed E-state index contributed by atoms with van der Waals surface area (Å²) in [5.74, 6) is 1.61. The smallest absolute Gasteiger partial charge is 0.00487 e. The van der Waals surface area contributed by atoms with E-state index in [2.05, 4.69) is 20.8 Å². The Labute approximate surface area is 76.7 Å². The highest BCUT2D eigenvalue weighted by Crippen LogP contribution is 2.43. The molecule has 0 saturated heterocycles. The highest BCUT2D eigenvalue weighted by Gasteiger charge is 2.33. The fourth-order valence-electron chi connectivity index (χ4n) is 2.38. The van der Waals surface area contributed by atoms with Gasteiger partial charge in [-0.25, -0.2) is 0 Å². The average Bonchev–Trinajstić information content (AvgIpc) is 2.04. The lowest BCUT2D eigenvalue weighted by molar-refractivity contribution is 0.105. The molecule has 0 amide bonds. The van der Waals surface area contributed by atoms with Gasteiger partial charge in [0.1, 0.15) is 0 Å². The number of hydrogen-bond donors (Lipinski definition) is 1. The maximum Gasteiger partial charge on any atom is -0.00487 e. The van der Waals surface area contributed by atoms with Gasteiger partial charge in [0, 0.05) is 0 Å². The maximum atomic E-state index is 5.72. The molecule has 0 aromatic carbocycles. The van der Waals surface area contributed by atoms with Crippen LogP contribution in [0, 0.1) is 17.3 Å². The van der Waals surface area contributed by atoms with Crippen molar-refractivity contribution in [1.29, 1.82) is 0 Å². The molecule has 1 nitrogen and oxygen atoms in total. The minimum Gasteiger partial charge on any atom is -0.330 e. The molecule has 0 aromatic heterocycles. The van der Waals surface area contributed by atoms with E-state index in [9.17, 15) is 0 Å². The summed E-state index contributed by atoms with van der Waals surface area (Å²) in [7, 11) is 0. The van der Waals surface area contributed by atoms with Crippen LogP contribution in [-0.2, 0) is 0 Å². The molecule has 1 unspecified atom stereocenters. The van der Waals surface area contributed by atoms with E-state index in [1.807, 2.05) is 0 Å². The first kappa shape index (κ1) is 10.0. The molecule has 1 fully saturated rings. The predicted molar refractivity (Wildman–Crippen MR) is 54.0 cm³/mol. The zero-order valence-electron chi connectivity index (χ0n) is 8.77. The second kappa shape index (κ2) is 3.78. The van der Waals surface area contributed by atoms with Gasteiger partial charge in [-0.2, -0.15) is 0 Å². The summed E-state index contributed by atoms with van der Waals surface area (Å²) in [4.78, 5) is 0. The van der Waals surface area contributed by atoms with E-state index in [1.165, 1.54) is 25.7 Å². The molecule has 1 aliphatic carbocycles. The first-order valence-corrected chi connectivity index (χ1v) is 5.28. The molecule has 0 aromatic rings. The molecule has 1 saturated carbocycles. The van der Waals surface area contributed by atoms with Crippen LogP contribution in [0.15, 0.2) is 0 Å². The molecule has 72 valence electrons. The third kappa shape index (κ3) is 2.01. The molecule has 1 aliphatic rings. The minimum absolute atomic E-state index is 0.572. The van der Waals surface area contributed by atoms with E-state index >= 15 is 0 Å². The van der Waals surface area contributed by atoms with Crippen molar-refractivity contribution in [3.05, 3.63) is 0 Å². The first-order valence-electron chi connectivity index (χ1n) is 5.28. The van der Waals surface area contributed by atoms with Crippen LogP contribution < -0.4 is 5.73 Å². The van der Waals surface area contributed by atoms with Crippen LogP contribution in [0.5, 0.6) is 0 Å². The third-order valence-corrected chi connectivity index (χ3v) is 3.84. The van der Waals surface area contributed by atoms with E-state index < -0.39 is 0 Å². The van der Waals surface area contributed by atoms with Crippen molar-refractivity contribution in [1.82, 2.24) is 0 Å². The molecular formula is C11H23N. The summed E-state index contributed by atoms with van der Waals surface area (Å²) >= 11 is 0. The van der Waals surface area contributed by atoms with E-state index in [0.29, 0.717) is 5.41 Å². The monoisotopic (exact) mass is 169 g/mol. The van der Waals surface area contributed by atoms with Gasteiger partial charge in [-0.3, -0.25) is 0 Å². The van der Waals surface area contributed by atoms with Crippen LogP contribution >= 0.6 is 0 Å². The van der Waals surface area contributed by atoms with Gasteiger partial charge in [-0.15, -0.1) is 0 Å². The van der Waals surface area contributed by atoms with Crippen LogP contribution in [-0.4, -0.2) is 6.54 Å². The Hall–Kier alpha value is -0.0400. The number of nitrogens with two attached hydrogens (primary N) is 1. The lowest BCUT2D eigenvalue weighted by atomic mass is 9.65. The molecular weight excluding hydrogens is 146 g/mol. The van der Waals surface area contributed by atoms with Gasteiger partial charge in [-0.1, -0.05) is 27.2 Å². The van der Waals surface area contributed by atoms with Crippen LogP contribution in [0.1, 0.15) is 46.5 Å². The Morgan fingerprint density at radius 2 is 2.17 bits per heavy atom. The van der Waals surface area contributed by atoms with Crippen LogP contribution in [0.2, 0.25) is 0 Å². The Morgan fingerprint density at radius 3 is 2.67 bits per heavy atom. The molecule has 0 bridgehead atoms. The summed E-state index contributed by atoms with van der Waals surface area (Å²) in [6, 6.07) is 0. The normalized spacial score (nSPS) is 37.2. The number of hydrogen-bond acceptors (Lipinski definition) is 1. The molecule has 1 heteroatoms. The zero-order valence-corrected chi connectivity index (χ0v) is 8.77. The SMILES string of the molecule is CC(C)C1(C)CCC[C@@H](CN)C1. The maximum absolute atomic E-state index is 5.72. The van der Waals surface area contributed by atoms with Crippen molar-refractivity contribution in [3.8, 4) is 0 Å². The van der Waals surface area contributed by atoms with Gasteiger partial charge >= 0.3 is 0 Å². The molecule has 0 radical (unpaired) electrons. The van der Waals surface area contributed by atoms with Crippen molar-refractivity contribution in [2.24, 2.45) is 23.0 Å². The quantitative estimate of drug-likeness (QED) is 0.676. The van der Waals surface area contributed by atoms with Crippen LogP contribution in [0.4, 0.5) is 0 Å². The average molecular weight is 169 g/mol. The topological polar surface area (TPSA) is 26.0 Å². The molecule has 0 spiro atoms. The molecule has 2 atom stereocenters. The summed E-state index contributed by atoms with van der Waals surface area (Å²) in [5, 5.41) is 0. The van der Waals surface area contributed by atoms with E-state index in [4.69, 9.17) is 5.73 Å². The van der Waals surface area contributed by atoms with Crippen molar-refractivity contribution < 1.29 is 0 Å². The molecule has 0 aliphatic heterocycles. The van der Waals surface area contributed by atoms with Crippen molar-refractivity contribution in [2.45, 2.75) is 46.5 Å². The van der Waals surface area contributed by atoms with Gasteiger partial charge in [0.2, 0.25) is 0 Å². The van der Waals surface area contributed by atoms with Gasteiger partial charge in [0.25, 0.3) is 0 Å². The summed E-state index contributed by atoms with van der Waals surface area (Å²) in [5.41, 5.74) is 6.30. The molecule has 12 heavy (non-hydrogen) atoms. The summed E-state index contributed by atoms with van der Waals surface area (Å²) < 4.78 is 0. The molecule has 2 N–H and O–H groups in total. The van der Waals surface area contributed by atoms with Crippen LogP contribution in [0.25, 0.3) is 0 Å². The lowest BCUT2D eigenvalue weighted by Gasteiger charge is -2.41. The van der Waals surface area contributed by atoms with Crippen LogP contribution in [0.3, 0.4) is 0 Å². The van der Waals surface area contributed by atoms with Crippen molar-refractivity contribution >= 4 is 0 Å².